The Morgan fingerprint density at radius 3 is 2.64 bits per heavy atom. The van der Waals surface area contributed by atoms with Crippen molar-refractivity contribution in [2.24, 2.45) is 0 Å². The van der Waals surface area contributed by atoms with E-state index in [0.29, 0.717) is 13.1 Å². The summed E-state index contributed by atoms with van der Waals surface area (Å²) < 4.78 is 2.08. The second-order valence-electron chi connectivity index (χ2n) is 5.85. The number of hydrogen-bond donors (Lipinski definition) is 3. The van der Waals surface area contributed by atoms with Gasteiger partial charge in [0.25, 0.3) is 0 Å². The molecule has 25 heavy (non-hydrogen) atoms. The Hall–Kier alpha value is -2.86. The molecule has 0 aliphatic heterocycles. The summed E-state index contributed by atoms with van der Waals surface area (Å²) in [6, 6.07) is 16.6. The molecule has 0 saturated carbocycles. The molecule has 0 radical (unpaired) electrons. The predicted molar refractivity (Wildman–Crippen MR) is 97.3 cm³/mol. The summed E-state index contributed by atoms with van der Waals surface area (Å²) in [5.41, 5.74) is 2.88. The molecule has 2 amide bonds. The van der Waals surface area contributed by atoms with E-state index in [4.69, 9.17) is 0 Å². The first kappa shape index (κ1) is 17.0. The summed E-state index contributed by atoms with van der Waals surface area (Å²) in [5, 5.41) is 15.1. The number of nitrogens with one attached hydrogen (secondary N) is 2. The maximum absolute atomic E-state index is 12.1. The Morgan fingerprint density at radius 1 is 1.16 bits per heavy atom. The number of imidazole rings is 1. The molecule has 6 nitrogen and oxygen atoms in total. The number of aliphatic hydroxyl groups is 1. The van der Waals surface area contributed by atoms with E-state index in [0.717, 1.165) is 22.4 Å². The Balaban J connectivity index is 1.56. The number of urea groups is 1. The molecule has 1 aromatic heterocycles. The van der Waals surface area contributed by atoms with Crippen LogP contribution in [-0.4, -0.2) is 33.8 Å². The van der Waals surface area contributed by atoms with Crippen molar-refractivity contribution < 1.29 is 9.90 Å². The third-order valence-corrected chi connectivity index (χ3v) is 4.16. The number of carbonyl (C=O) groups is 1. The summed E-state index contributed by atoms with van der Waals surface area (Å²) in [4.78, 5) is 16.6. The SMILES string of the molecule is Cc1nc2ccccc2n1CCNC(=O)NC(CO)c1ccccc1. The maximum atomic E-state index is 12.1. The van der Waals surface area contributed by atoms with E-state index in [-0.39, 0.29) is 12.6 Å². The zero-order valence-corrected chi connectivity index (χ0v) is 14.1. The molecule has 0 spiro atoms. The highest BCUT2D eigenvalue weighted by Gasteiger charge is 2.13. The van der Waals surface area contributed by atoms with Crippen LogP contribution in [0.4, 0.5) is 4.79 Å². The number of carbonyl (C=O) groups excluding carboxylic acids is 1. The molecule has 0 saturated heterocycles. The van der Waals surface area contributed by atoms with Crippen LogP contribution in [0.2, 0.25) is 0 Å². The number of fused-ring (bicyclic) bond motifs is 1. The zero-order chi connectivity index (χ0) is 17.6. The number of aliphatic hydroxyl groups excluding tert-OH is 1. The molecule has 1 unspecified atom stereocenters. The minimum absolute atomic E-state index is 0.150. The van der Waals surface area contributed by atoms with Crippen molar-refractivity contribution in [3.05, 3.63) is 66.0 Å². The Labute approximate surface area is 146 Å². The van der Waals surface area contributed by atoms with Crippen LogP contribution < -0.4 is 10.6 Å². The number of rotatable bonds is 6. The van der Waals surface area contributed by atoms with Gasteiger partial charge in [0.1, 0.15) is 5.82 Å². The van der Waals surface area contributed by atoms with Crippen LogP contribution in [0.25, 0.3) is 11.0 Å². The summed E-state index contributed by atoms with van der Waals surface area (Å²) in [5.74, 6) is 0.918. The second-order valence-corrected chi connectivity index (χ2v) is 5.85. The van der Waals surface area contributed by atoms with E-state index in [1.807, 2.05) is 61.5 Å². The quantitative estimate of drug-likeness (QED) is 0.646. The van der Waals surface area contributed by atoms with Gasteiger partial charge in [-0.25, -0.2) is 9.78 Å². The summed E-state index contributed by atoms with van der Waals surface area (Å²) in [6.45, 7) is 2.91. The van der Waals surface area contributed by atoms with Crippen LogP contribution in [0.15, 0.2) is 54.6 Å². The molecule has 1 heterocycles. The molecule has 0 aliphatic carbocycles. The Kier molecular flexibility index (Phi) is 5.30. The van der Waals surface area contributed by atoms with Crippen molar-refractivity contribution in [1.82, 2.24) is 20.2 Å². The van der Waals surface area contributed by atoms with Crippen molar-refractivity contribution in [2.75, 3.05) is 13.2 Å². The third-order valence-electron chi connectivity index (χ3n) is 4.16. The van der Waals surface area contributed by atoms with E-state index in [2.05, 4.69) is 20.2 Å². The lowest BCUT2D eigenvalue weighted by molar-refractivity contribution is 0.216. The Morgan fingerprint density at radius 2 is 1.88 bits per heavy atom. The van der Waals surface area contributed by atoms with Gasteiger partial charge in [0.2, 0.25) is 0 Å². The van der Waals surface area contributed by atoms with Crippen LogP contribution in [0, 0.1) is 6.92 Å². The first-order chi connectivity index (χ1) is 12.2. The number of aryl methyl sites for hydroxylation is 1. The molecule has 2 aromatic carbocycles. The first-order valence-electron chi connectivity index (χ1n) is 8.31. The van der Waals surface area contributed by atoms with Crippen LogP contribution in [0.3, 0.4) is 0 Å². The molecule has 130 valence electrons. The smallest absolute Gasteiger partial charge is 0.315 e. The summed E-state index contributed by atoms with van der Waals surface area (Å²) >= 11 is 0. The number of amides is 2. The standard InChI is InChI=1S/C19H22N4O2/c1-14-21-16-9-5-6-10-18(16)23(14)12-11-20-19(25)22-17(13-24)15-7-3-2-4-8-15/h2-10,17,24H,11-13H2,1H3,(H2,20,22,25). The molecule has 0 bridgehead atoms. The molecular weight excluding hydrogens is 316 g/mol. The molecule has 3 aromatic rings. The van der Waals surface area contributed by atoms with Gasteiger partial charge in [0.05, 0.1) is 23.7 Å². The fourth-order valence-corrected chi connectivity index (χ4v) is 2.89. The average molecular weight is 338 g/mol. The minimum Gasteiger partial charge on any atom is -0.394 e. The van der Waals surface area contributed by atoms with Crippen molar-refractivity contribution in [1.29, 1.82) is 0 Å². The summed E-state index contributed by atoms with van der Waals surface area (Å²) in [7, 11) is 0. The molecule has 1 atom stereocenters. The second kappa shape index (κ2) is 7.81. The highest BCUT2D eigenvalue weighted by molar-refractivity contribution is 5.76. The predicted octanol–water partition coefficient (Wildman–Crippen LogP) is 2.38. The molecule has 0 aliphatic rings. The first-order valence-corrected chi connectivity index (χ1v) is 8.31. The number of aromatic nitrogens is 2. The van der Waals surface area contributed by atoms with Crippen molar-refractivity contribution in [3.63, 3.8) is 0 Å². The Bertz CT molecular complexity index is 845. The number of hydrogen-bond acceptors (Lipinski definition) is 3. The largest absolute Gasteiger partial charge is 0.394 e. The highest BCUT2D eigenvalue weighted by atomic mass is 16.3. The lowest BCUT2D eigenvalue weighted by Crippen LogP contribution is -2.40. The summed E-state index contributed by atoms with van der Waals surface area (Å²) in [6.07, 6.45) is 0. The lowest BCUT2D eigenvalue weighted by Gasteiger charge is -2.17. The fraction of sp³-hybridized carbons (Fsp3) is 0.263. The van der Waals surface area contributed by atoms with Gasteiger partial charge in [-0.05, 0) is 24.6 Å². The van der Waals surface area contributed by atoms with Gasteiger partial charge in [-0.3, -0.25) is 0 Å². The molecule has 0 fully saturated rings. The van der Waals surface area contributed by atoms with Crippen molar-refractivity contribution >= 4 is 17.1 Å². The molecular formula is C19H22N4O2. The fourth-order valence-electron chi connectivity index (χ4n) is 2.89. The van der Waals surface area contributed by atoms with Gasteiger partial charge >= 0.3 is 6.03 Å². The normalized spacial score (nSPS) is 12.1. The van der Waals surface area contributed by atoms with Crippen LogP contribution in [0.5, 0.6) is 0 Å². The van der Waals surface area contributed by atoms with E-state index in [1.165, 1.54) is 0 Å². The molecule has 3 N–H and O–H groups in total. The number of nitrogens with zero attached hydrogens (tertiary/aromatic N) is 2. The topological polar surface area (TPSA) is 79.2 Å². The number of para-hydroxylation sites is 2. The lowest BCUT2D eigenvalue weighted by atomic mass is 10.1. The van der Waals surface area contributed by atoms with Gasteiger partial charge in [0.15, 0.2) is 0 Å². The van der Waals surface area contributed by atoms with Gasteiger partial charge in [-0.2, -0.15) is 0 Å². The van der Waals surface area contributed by atoms with Crippen LogP contribution in [-0.2, 0) is 6.54 Å². The molecule has 6 heteroatoms. The average Bonchev–Trinajstić information content (AvgIpc) is 2.96. The van der Waals surface area contributed by atoms with Crippen LogP contribution in [0.1, 0.15) is 17.4 Å². The zero-order valence-electron chi connectivity index (χ0n) is 14.1. The van der Waals surface area contributed by atoms with Gasteiger partial charge in [-0.1, -0.05) is 42.5 Å². The monoisotopic (exact) mass is 338 g/mol. The third kappa shape index (κ3) is 3.97. The van der Waals surface area contributed by atoms with E-state index >= 15 is 0 Å². The van der Waals surface area contributed by atoms with Crippen LogP contribution >= 0.6 is 0 Å². The van der Waals surface area contributed by atoms with Crippen molar-refractivity contribution in [3.8, 4) is 0 Å². The van der Waals surface area contributed by atoms with E-state index < -0.39 is 6.04 Å². The van der Waals surface area contributed by atoms with Gasteiger partial charge in [-0.15, -0.1) is 0 Å². The van der Waals surface area contributed by atoms with Crippen molar-refractivity contribution in [2.45, 2.75) is 19.5 Å². The van der Waals surface area contributed by atoms with Gasteiger partial charge in [0, 0.05) is 13.1 Å². The number of benzene rings is 2. The maximum Gasteiger partial charge on any atom is 0.315 e. The minimum atomic E-state index is -0.419. The molecule has 3 rings (SSSR count). The van der Waals surface area contributed by atoms with Gasteiger partial charge < -0.3 is 20.3 Å². The van der Waals surface area contributed by atoms with E-state index in [1.54, 1.807) is 0 Å². The van der Waals surface area contributed by atoms with E-state index in [9.17, 15) is 9.90 Å². The highest BCUT2D eigenvalue weighted by Crippen LogP contribution is 2.15.